The number of fused-ring (bicyclic) bond motifs is 2. The highest BCUT2D eigenvalue weighted by Gasteiger charge is 2.45. The zero-order valence-electron chi connectivity index (χ0n) is 19.6. The predicted molar refractivity (Wildman–Crippen MR) is 138 cm³/mol. The molecule has 5 aromatic rings. The number of aryl methyl sites for hydroxylation is 2. The van der Waals surface area contributed by atoms with E-state index in [0.717, 1.165) is 21.7 Å². The van der Waals surface area contributed by atoms with Gasteiger partial charge < -0.3 is 9.15 Å². The third-order valence-electron chi connectivity index (χ3n) is 6.19. The average Bonchev–Trinajstić information content (AvgIpc) is 3.45. The Labute approximate surface area is 210 Å². The summed E-state index contributed by atoms with van der Waals surface area (Å²) >= 11 is 1.29. The van der Waals surface area contributed by atoms with Crippen molar-refractivity contribution < 1.29 is 13.9 Å². The standard InChI is InChI=1S/C28H21N3O4S/c1-16-8-13-22-21(14-16)25(32)23-24(31(27(33)26(23)35-22)28-30-29-17(2)36-28)19-9-11-20(12-10-19)34-15-18-6-4-3-5-7-18/h3-14,24H,15H2,1-2H3. The van der Waals surface area contributed by atoms with Crippen LogP contribution in [0.3, 0.4) is 0 Å². The average molecular weight is 496 g/mol. The van der Waals surface area contributed by atoms with Crippen LogP contribution in [0.2, 0.25) is 0 Å². The number of rotatable bonds is 5. The summed E-state index contributed by atoms with van der Waals surface area (Å²) in [6.07, 6.45) is 0. The maximum atomic E-state index is 13.7. The molecule has 3 heterocycles. The van der Waals surface area contributed by atoms with E-state index in [4.69, 9.17) is 9.15 Å². The Morgan fingerprint density at radius 2 is 1.75 bits per heavy atom. The van der Waals surface area contributed by atoms with Crippen LogP contribution in [0.25, 0.3) is 11.0 Å². The maximum Gasteiger partial charge on any atom is 0.297 e. The maximum absolute atomic E-state index is 13.7. The molecule has 1 aliphatic heterocycles. The SMILES string of the molecule is Cc1ccc2oc3c(c(=O)c2c1)C(c1ccc(OCc2ccccc2)cc1)N(c1nnc(C)s1)C3=O. The van der Waals surface area contributed by atoms with Crippen molar-refractivity contribution >= 4 is 33.3 Å². The number of anilines is 1. The second-order valence-corrected chi connectivity index (χ2v) is 9.86. The molecule has 6 rings (SSSR count). The molecule has 7 nitrogen and oxygen atoms in total. The first-order valence-corrected chi connectivity index (χ1v) is 12.3. The molecule has 0 fully saturated rings. The molecule has 1 amide bonds. The largest absolute Gasteiger partial charge is 0.489 e. The summed E-state index contributed by atoms with van der Waals surface area (Å²) in [4.78, 5) is 28.8. The van der Waals surface area contributed by atoms with Crippen molar-refractivity contribution in [1.82, 2.24) is 10.2 Å². The fraction of sp³-hybridized carbons (Fsp3) is 0.143. The Balaban J connectivity index is 1.44. The van der Waals surface area contributed by atoms with E-state index in [-0.39, 0.29) is 11.2 Å². The number of carbonyl (C=O) groups excluding carboxylic acids is 1. The van der Waals surface area contributed by atoms with Gasteiger partial charge in [-0.1, -0.05) is 65.4 Å². The van der Waals surface area contributed by atoms with E-state index in [2.05, 4.69) is 10.2 Å². The van der Waals surface area contributed by atoms with Crippen LogP contribution in [0.5, 0.6) is 5.75 Å². The Kier molecular flexibility index (Phi) is 5.38. The summed E-state index contributed by atoms with van der Waals surface area (Å²) in [5.41, 5.74) is 3.23. The van der Waals surface area contributed by atoms with Gasteiger partial charge in [0.25, 0.3) is 5.91 Å². The van der Waals surface area contributed by atoms with Gasteiger partial charge in [-0.15, -0.1) is 10.2 Å². The number of amides is 1. The number of hydrogen-bond acceptors (Lipinski definition) is 7. The number of benzene rings is 3. The Morgan fingerprint density at radius 1 is 0.972 bits per heavy atom. The van der Waals surface area contributed by atoms with Crippen LogP contribution in [0, 0.1) is 13.8 Å². The van der Waals surface area contributed by atoms with Gasteiger partial charge in [-0.3, -0.25) is 14.5 Å². The molecular weight excluding hydrogens is 474 g/mol. The van der Waals surface area contributed by atoms with Crippen molar-refractivity contribution in [2.45, 2.75) is 26.5 Å². The minimum absolute atomic E-state index is 0.0404. The molecule has 8 heteroatoms. The highest BCUT2D eigenvalue weighted by Crippen LogP contribution is 2.42. The molecule has 0 aliphatic carbocycles. The first-order chi connectivity index (χ1) is 17.5. The van der Waals surface area contributed by atoms with Crippen molar-refractivity contribution in [3.05, 3.63) is 116 Å². The second kappa shape index (κ2) is 8.73. The summed E-state index contributed by atoms with van der Waals surface area (Å²) in [7, 11) is 0. The second-order valence-electron chi connectivity index (χ2n) is 8.70. The van der Waals surface area contributed by atoms with E-state index in [1.165, 1.54) is 16.2 Å². The van der Waals surface area contributed by atoms with Crippen molar-refractivity contribution in [2.24, 2.45) is 0 Å². The Hall–Kier alpha value is -4.30. The van der Waals surface area contributed by atoms with Gasteiger partial charge in [0.2, 0.25) is 10.9 Å². The summed E-state index contributed by atoms with van der Waals surface area (Å²) in [6, 6.07) is 22.0. The summed E-state index contributed by atoms with van der Waals surface area (Å²) in [5, 5.41) is 9.88. The molecule has 0 saturated heterocycles. The molecule has 1 aliphatic rings. The summed E-state index contributed by atoms with van der Waals surface area (Å²) in [5.74, 6) is 0.320. The topological polar surface area (TPSA) is 85.5 Å². The van der Waals surface area contributed by atoms with Crippen LogP contribution >= 0.6 is 11.3 Å². The van der Waals surface area contributed by atoms with Crippen LogP contribution in [-0.2, 0) is 6.61 Å². The normalized spacial score (nSPS) is 14.9. The lowest BCUT2D eigenvalue weighted by Gasteiger charge is -2.22. The number of hydrogen-bond donors (Lipinski definition) is 0. The lowest BCUT2D eigenvalue weighted by atomic mass is 9.98. The van der Waals surface area contributed by atoms with Crippen molar-refractivity contribution in [3.63, 3.8) is 0 Å². The van der Waals surface area contributed by atoms with E-state index in [1.807, 2.05) is 74.5 Å². The molecule has 0 N–H and O–H groups in total. The Bertz CT molecular complexity index is 1660. The predicted octanol–water partition coefficient (Wildman–Crippen LogP) is 5.59. The van der Waals surface area contributed by atoms with Gasteiger partial charge in [0.05, 0.1) is 17.0 Å². The summed E-state index contributed by atoms with van der Waals surface area (Å²) in [6.45, 7) is 4.18. The van der Waals surface area contributed by atoms with E-state index in [9.17, 15) is 9.59 Å². The van der Waals surface area contributed by atoms with E-state index >= 15 is 0 Å². The first kappa shape index (κ1) is 22.2. The molecule has 3 aromatic carbocycles. The number of carbonyl (C=O) groups is 1. The molecule has 36 heavy (non-hydrogen) atoms. The monoisotopic (exact) mass is 495 g/mol. The van der Waals surface area contributed by atoms with Gasteiger partial charge in [-0.05, 0) is 49.2 Å². The third kappa shape index (κ3) is 3.76. The van der Waals surface area contributed by atoms with Gasteiger partial charge in [-0.25, -0.2) is 0 Å². The molecule has 0 saturated carbocycles. The quantitative estimate of drug-likeness (QED) is 0.316. The lowest BCUT2D eigenvalue weighted by Crippen LogP contribution is -2.29. The fourth-order valence-corrected chi connectivity index (χ4v) is 5.18. The molecule has 0 bridgehead atoms. The minimum Gasteiger partial charge on any atom is -0.489 e. The van der Waals surface area contributed by atoms with Crippen molar-refractivity contribution in [2.75, 3.05) is 4.90 Å². The van der Waals surface area contributed by atoms with E-state index in [0.29, 0.717) is 34.0 Å². The highest BCUT2D eigenvalue weighted by atomic mass is 32.1. The van der Waals surface area contributed by atoms with Crippen LogP contribution in [0.1, 0.15) is 43.9 Å². The number of nitrogens with zero attached hydrogens (tertiary/aromatic N) is 3. The van der Waals surface area contributed by atoms with Crippen LogP contribution in [-0.4, -0.2) is 16.1 Å². The third-order valence-corrected chi connectivity index (χ3v) is 7.03. The molecule has 0 spiro atoms. The van der Waals surface area contributed by atoms with Crippen molar-refractivity contribution in [3.8, 4) is 5.75 Å². The van der Waals surface area contributed by atoms with E-state index < -0.39 is 11.9 Å². The fourth-order valence-electron chi connectivity index (χ4n) is 4.47. The Morgan fingerprint density at radius 3 is 2.47 bits per heavy atom. The molecule has 1 unspecified atom stereocenters. The van der Waals surface area contributed by atoms with Crippen LogP contribution < -0.4 is 15.1 Å². The van der Waals surface area contributed by atoms with E-state index in [1.54, 1.807) is 12.1 Å². The molecular formula is C28H21N3O4S. The molecule has 1 atom stereocenters. The van der Waals surface area contributed by atoms with Gasteiger partial charge in [-0.2, -0.15) is 0 Å². The number of aromatic nitrogens is 2. The van der Waals surface area contributed by atoms with Gasteiger partial charge in [0.15, 0.2) is 5.43 Å². The van der Waals surface area contributed by atoms with Gasteiger partial charge >= 0.3 is 0 Å². The van der Waals surface area contributed by atoms with Crippen LogP contribution in [0.15, 0.2) is 82.0 Å². The summed E-state index contributed by atoms with van der Waals surface area (Å²) < 4.78 is 11.9. The highest BCUT2D eigenvalue weighted by molar-refractivity contribution is 7.15. The van der Waals surface area contributed by atoms with Crippen molar-refractivity contribution in [1.29, 1.82) is 0 Å². The zero-order chi connectivity index (χ0) is 24.8. The first-order valence-electron chi connectivity index (χ1n) is 11.5. The number of ether oxygens (including phenoxy) is 1. The lowest BCUT2D eigenvalue weighted by molar-refractivity contribution is 0.0970. The van der Waals surface area contributed by atoms with Gasteiger partial charge in [0, 0.05) is 0 Å². The van der Waals surface area contributed by atoms with Gasteiger partial charge in [0.1, 0.15) is 22.9 Å². The van der Waals surface area contributed by atoms with Crippen LogP contribution in [0.4, 0.5) is 5.13 Å². The molecule has 0 radical (unpaired) electrons. The molecule has 178 valence electrons. The molecule has 2 aromatic heterocycles. The zero-order valence-corrected chi connectivity index (χ0v) is 20.4. The smallest absolute Gasteiger partial charge is 0.297 e. The minimum atomic E-state index is -0.691.